The fraction of sp³-hybridized carbons (Fsp3) is 0.188. The number of rotatable bonds is 7. The fourth-order valence-corrected chi connectivity index (χ4v) is 2.11. The van der Waals surface area contributed by atoms with Crippen LogP contribution < -0.4 is 10.1 Å². The minimum atomic E-state index is -0.920. The van der Waals surface area contributed by atoms with Gasteiger partial charge in [-0.25, -0.2) is 4.39 Å². The van der Waals surface area contributed by atoms with Crippen LogP contribution in [-0.4, -0.2) is 17.6 Å². The summed E-state index contributed by atoms with van der Waals surface area (Å²) in [5.74, 6) is -0.690. The van der Waals surface area contributed by atoms with Crippen molar-refractivity contribution in [1.82, 2.24) is 5.32 Å². The number of halogens is 2. The predicted octanol–water partition coefficient (Wildman–Crippen LogP) is 3.23. The number of carboxylic acids is 1. The lowest BCUT2D eigenvalue weighted by Gasteiger charge is -2.12. The average molecular weight is 324 g/mol. The zero-order valence-electron chi connectivity index (χ0n) is 11.7. The smallest absolute Gasteiger partial charge is 0.317 e. The van der Waals surface area contributed by atoms with Crippen molar-refractivity contribution in [2.24, 2.45) is 0 Å². The number of aliphatic carboxylic acids is 1. The Hall–Kier alpha value is -2.11. The number of benzene rings is 2. The molecule has 0 atom stereocenters. The van der Waals surface area contributed by atoms with Gasteiger partial charge >= 0.3 is 5.97 Å². The van der Waals surface area contributed by atoms with Gasteiger partial charge in [0.15, 0.2) is 0 Å². The van der Waals surface area contributed by atoms with Crippen LogP contribution in [0.5, 0.6) is 5.75 Å². The van der Waals surface area contributed by atoms with E-state index in [0.717, 1.165) is 5.56 Å². The molecule has 2 aromatic carbocycles. The summed E-state index contributed by atoms with van der Waals surface area (Å²) in [6, 6.07) is 11.4. The first-order valence-electron chi connectivity index (χ1n) is 6.63. The van der Waals surface area contributed by atoms with Gasteiger partial charge in [-0.2, -0.15) is 0 Å². The van der Waals surface area contributed by atoms with Crippen LogP contribution in [0.25, 0.3) is 0 Å². The molecule has 0 saturated carbocycles. The molecule has 0 aromatic heterocycles. The molecule has 2 aromatic rings. The van der Waals surface area contributed by atoms with Crippen molar-refractivity contribution >= 4 is 17.6 Å². The zero-order chi connectivity index (χ0) is 15.9. The highest BCUT2D eigenvalue weighted by molar-refractivity contribution is 6.31. The molecule has 4 nitrogen and oxygen atoms in total. The fourth-order valence-electron chi connectivity index (χ4n) is 1.89. The van der Waals surface area contributed by atoms with E-state index >= 15 is 0 Å². The molecule has 2 N–H and O–H groups in total. The van der Waals surface area contributed by atoms with Crippen LogP contribution in [-0.2, 0) is 17.9 Å². The molecular weight excluding hydrogens is 309 g/mol. The van der Waals surface area contributed by atoms with Crippen LogP contribution >= 0.6 is 11.6 Å². The van der Waals surface area contributed by atoms with Crippen molar-refractivity contribution in [1.29, 1.82) is 0 Å². The standard InChI is InChI=1S/C16H15ClFNO3/c17-14-7-13(18)6-5-12(14)10-22-15-4-2-1-3-11(15)8-19-9-16(20)21/h1-7,19H,8-10H2,(H,20,21). The third-order valence-corrected chi connectivity index (χ3v) is 3.31. The molecule has 0 aliphatic heterocycles. The highest BCUT2D eigenvalue weighted by Gasteiger charge is 2.07. The first kappa shape index (κ1) is 16.3. The second-order valence-corrected chi connectivity index (χ2v) is 5.04. The van der Waals surface area contributed by atoms with Crippen molar-refractivity contribution in [3.63, 3.8) is 0 Å². The monoisotopic (exact) mass is 323 g/mol. The first-order valence-corrected chi connectivity index (χ1v) is 7.01. The van der Waals surface area contributed by atoms with Gasteiger partial charge in [0.1, 0.15) is 18.2 Å². The molecule has 0 amide bonds. The van der Waals surface area contributed by atoms with Crippen LogP contribution in [0.15, 0.2) is 42.5 Å². The highest BCUT2D eigenvalue weighted by Crippen LogP contribution is 2.22. The van der Waals surface area contributed by atoms with Crippen molar-refractivity contribution in [2.45, 2.75) is 13.2 Å². The summed E-state index contributed by atoms with van der Waals surface area (Å²) in [4.78, 5) is 10.5. The Bertz CT molecular complexity index is 664. The van der Waals surface area contributed by atoms with E-state index in [2.05, 4.69) is 5.32 Å². The average Bonchev–Trinajstić information content (AvgIpc) is 2.47. The van der Waals surface area contributed by atoms with Gasteiger partial charge in [0.2, 0.25) is 0 Å². The molecule has 0 spiro atoms. The first-order chi connectivity index (χ1) is 10.6. The van der Waals surface area contributed by atoms with Crippen molar-refractivity contribution in [2.75, 3.05) is 6.54 Å². The summed E-state index contributed by atoms with van der Waals surface area (Å²) >= 11 is 5.96. The van der Waals surface area contributed by atoms with Crippen LogP contribution in [0, 0.1) is 5.82 Å². The number of hydrogen-bond donors (Lipinski definition) is 2. The Kier molecular flexibility index (Phi) is 5.75. The van der Waals surface area contributed by atoms with Crippen molar-refractivity contribution in [3.05, 3.63) is 64.4 Å². The Morgan fingerprint density at radius 3 is 2.73 bits per heavy atom. The quantitative estimate of drug-likeness (QED) is 0.821. The summed E-state index contributed by atoms with van der Waals surface area (Å²) in [5.41, 5.74) is 1.51. The Balaban J connectivity index is 2.01. The number of carbonyl (C=O) groups is 1. The molecule has 6 heteroatoms. The summed E-state index contributed by atoms with van der Waals surface area (Å²) < 4.78 is 18.7. The molecule has 0 aliphatic carbocycles. The highest BCUT2D eigenvalue weighted by atomic mass is 35.5. The molecule has 2 rings (SSSR count). The van der Waals surface area contributed by atoms with E-state index in [9.17, 15) is 9.18 Å². The summed E-state index contributed by atoms with van der Waals surface area (Å²) in [6.07, 6.45) is 0. The topological polar surface area (TPSA) is 58.6 Å². The number of nitrogens with one attached hydrogen (secondary N) is 1. The van der Waals surface area contributed by atoms with E-state index < -0.39 is 11.8 Å². The number of para-hydroxylation sites is 1. The normalized spacial score (nSPS) is 10.5. The number of carboxylic acid groups (broad SMARTS) is 1. The van der Waals surface area contributed by atoms with Crippen LogP contribution in [0.2, 0.25) is 5.02 Å². The molecular formula is C16H15ClFNO3. The number of ether oxygens (including phenoxy) is 1. The van der Waals surface area contributed by atoms with E-state index in [0.29, 0.717) is 22.9 Å². The summed E-state index contributed by atoms with van der Waals surface area (Å²) in [6.45, 7) is 0.451. The maximum absolute atomic E-state index is 13.0. The van der Waals surface area contributed by atoms with Gasteiger partial charge < -0.3 is 15.2 Å². The van der Waals surface area contributed by atoms with Gasteiger partial charge in [0.25, 0.3) is 0 Å². The predicted molar refractivity (Wildman–Crippen MR) is 81.5 cm³/mol. The molecule has 116 valence electrons. The molecule has 0 aliphatic rings. The minimum absolute atomic E-state index is 0.127. The van der Waals surface area contributed by atoms with E-state index in [-0.39, 0.29) is 13.2 Å². The van der Waals surface area contributed by atoms with Crippen molar-refractivity contribution in [3.8, 4) is 5.75 Å². The van der Waals surface area contributed by atoms with Gasteiger partial charge in [0.05, 0.1) is 11.6 Å². The summed E-state index contributed by atoms with van der Waals surface area (Å²) in [5, 5.41) is 11.7. The van der Waals surface area contributed by atoms with Gasteiger partial charge in [-0.15, -0.1) is 0 Å². The molecule has 0 fully saturated rings. The lowest BCUT2D eigenvalue weighted by atomic mass is 10.2. The second-order valence-electron chi connectivity index (χ2n) is 4.63. The third kappa shape index (κ3) is 4.72. The summed E-state index contributed by atoms with van der Waals surface area (Å²) in [7, 11) is 0. The van der Waals surface area contributed by atoms with Gasteiger partial charge in [0, 0.05) is 17.7 Å². The van der Waals surface area contributed by atoms with Crippen molar-refractivity contribution < 1.29 is 19.0 Å². The Morgan fingerprint density at radius 2 is 2.00 bits per heavy atom. The second kappa shape index (κ2) is 7.77. The largest absolute Gasteiger partial charge is 0.489 e. The van der Waals surface area contributed by atoms with E-state index in [1.165, 1.54) is 12.1 Å². The Labute approximate surface area is 132 Å². The van der Waals surface area contributed by atoms with Crippen LogP contribution in [0.4, 0.5) is 4.39 Å². The number of hydrogen-bond acceptors (Lipinski definition) is 3. The lowest BCUT2D eigenvalue weighted by molar-refractivity contribution is -0.136. The Morgan fingerprint density at radius 1 is 1.23 bits per heavy atom. The van der Waals surface area contributed by atoms with E-state index in [4.69, 9.17) is 21.4 Å². The van der Waals surface area contributed by atoms with Gasteiger partial charge in [-0.3, -0.25) is 4.79 Å². The molecule has 22 heavy (non-hydrogen) atoms. The van der Waals surface area contributed by atoms with Gasteiger partial charge in [-0.1, -0.05) is 35.9 Å². The molecule has 0 saturated heterocycles. The molecule has 0 heterocycles. The van der Waals surface area contributed by atoms with E-state index in [1.807, 2.05) is 18.2 Å². The molecule has 0 unspecified atom stereocenters. The lowest BCUT2D eigenvalue weighted by Crippen LogP contribution is -2.22. The SMILES string of the molecule is O=C(O)CNCc1ccccc1OCc1ccc(F)cc1Cl. The molecule has 0 bridgehead atoms. The maximum atomic E-state index is 13.0. The third-order valence-electron chi connectivity index (χ3n) is 2.96. The minimum Gasteiger partial charge on any atom is -0.489 e. The maximum Gasteiger partial charge on any atom is 0.317 e. The van der Waals surface area contributed by atoms with Gasteiger partial charge in [-0.05, 0) is 18.2 Å². The van der Waals surface area contributed by atoms with E-state index in [1.54, 1.807) is 12.1 Å². The van der Waals surface area contributed by atoms with Crippen LogP contribution in [0.1, 0.15) is 11.1 Å². The molecule has 0 radical (unpaired) electrons. The zero-order valence-corrected chi connectivity index (χ0v) is 12.4. The van der Waals surface area contributed by atoms with Crippen LogP contribution in [0.3, 0.4) is 0 Å².